The second-order valence-electron chi connectivity index (χ2n) is 10.5. The molecule has 1 heterocycles. The molecule has 9 heteroatoms. The van der Waals surface area contributed by atoms with Crippen molar-refractivity contribution in [1.82, 2.24) is 0 Å². The Bertz CT molecular complexity index is 2820. The first-order valence-corrected chi connectivity index (χ1v) is 14.4. The lowest BCUT2D eigenvalue weighted by atomic mass is 9.99. The molecule has 7 aromatic carbocycles. The number of fused-ring (bicyclic) bond motifs is 8. The van der Waals surface area contributed by atoms with Gasteiger partial charge in [0.2, 0.25) is 10.9 Å². The van der Waals surface area contributed by atoms with Gasteiger partial charge in [-0.2, -0.15) is 9.97 Å². The number of carbonyl (C=O) groups is 1. The zero-order chi connectivity index (χ0) is 30.3. The lowest BCUT2D eigenvalue weighted by Crippen LogP contribution is -2.24. The topological polar surface area (TPSA) is 134 Å². The molecule has 8 nitrogen and oxygen atoms in total. The summed E-state index contributed by atoms with van der Waals surface area (Å²) in [5.41, 5.74) is 0.343. The average molecular weight is 595 g/mol. The summed E-state index contributed by atoms with van der Waals surface area (Å²) in [5, 5.41) is 11.7. The average Bonchev–Trinajstić information content (AvgIpc) is 3.04. The highest BCUT2D eigenvalue weighted by Crippen LogP contribution is 2.36. The summed E-state index contributed by atoms with van der Waals surface area (Å²) < 4.78 is 0. The van der Waals surface area contributed by atoms with Gasteiger partial charge in [0.15, 0.2) is 10.9 Å². The van der Waals surface area contributed by atoms with E-state index in [1.165, 1.54) is 6.07 Å². The van der Waals surface area contributed by atoms with Crippen molar-refractivity contribution in [2.24, 2.45) is 0 Å². The molecule has 0 spiro atoms. The molecule has 8 rings (SSSR count). The van der Waals surface area contributed by atoms with Gasteiger partial charge in [0.05, 0.1) is 10.9 Å². The molecule has 0 saturated heterocycles. The number of carboxylic acids is 1. The molecule has 0 radical (unpaired) electrons. The third-order valence-corrected chi connectivity index (χ3v) is 9.23. The maximum atomic E-state index is 14.1. The van der Waals surface area contributed by atoms with Gasteiger partial charge in [0, 0.05) is 48.9 Å². The second-order valence-corrected chi connectivity index (χ2v) is 11.6. The maximum Gasteiger partial charge on any atom is 0.336 e. The Kier molecular flexibility index (Phi) is 5.50. The summed E-state index contributed by atoms with van der Waals surface area (Å²) >= 11 is 1.07. The van der Waals surface area contributed by atoms with Gasteiger partial charge in [-0.25, -0.2) is 4.79 Å². The van der Waals surface area contributed by atoms with Crippen LogP contribution in [0.5, 0.6) is 0 Å². The van der Waals surface area contributed by atoms with Gasteiger partial charge in [-0.1, -0.05) is 72.4 Å². The molecular weight excluding hydrogens is 576 g/mol. The molecule has 1 aromatic heterocycles. The van der Waals surface area contributed by atoms with Crippen molar-refractivity contribution in [3.63, 3.8) is 0 Å². The number of aromatic carboxylic acids is 1. The zero-order valence-electron chi connectivity index (χ0n) is 22.6. The van der Waals surface area contributed by atoms with Gasteiger partial charge in [0.25, 0.3) is 22.1 Å². The summed E-state index contributed by atoms with van der Waals surface area (Å²) in [4.78, 5) is 74.5. The second kappa shape index (κ2) is 9.35. The molecule has 0 bridgehead atoms. The number of H-pyrrole nitrogens is 2. The number of carboxylic acid groups (broad SMARTS) is 1. The number of rotatable bonds is 3. The van der Waals surface area contributed by atoms with Crippen LogP contribution in [0.4, 0.5) is 0 Å². The molecule has 208 valence electrons. The Hall–Kier alpha value is -5.80. The van der Waals surface area contributed by atoms with E-state index in [1.54, 1.807) is 84.9 Å². The van der Waals surface area contributed by atoms with Gasteiger partial charge >= 0.3 is 5.97 Å². The molecule has 44 heavy (non-hydrogen) atoms. The van der Waals surface area contributed by atoms with Crippen molar-refractivity contribution in [3.05, 3.63) is 137 Å². The van der Waals surface area contributed by atoms with Crippen LogP contribution in [0.2, 0.25) is 0 Å². The molecule has 0 amide bonds. The lowest BCUT2D eigenvalue weighted by Gasteiger charge is -2.09. The van der Waals surface area contributed by atoms with E-state index < -0.39 is 5.97 Å². The third kappa shape index (κ3) is 3.56. The fourth-order valence-electron chi connectivity index (χ4n) is 6.11. The lowest BCUT2D eigenvalue weighted by molar-refractivity contribution is -0.359. The van der Waals surface area contributed by atoms with Crippen LogP contribution >= 0.6 is 11.8 Å². The van der Waals surface area contributed by atoms with E-state index >= 15 is 0 Å². The molecule has 0 aliphatic carbocycles. The predicted octanol–water partition coefficient (Wildman–Crippen LogP) is 4.40. The summed E-state index contributed by atoms with van der Waals surface area (Å²) in [7, 11) is 0. The van der Waals surface area contributed by atoms with Gasteiger partial charge in [-0.3, -0.25) is 19.2 Å². The molecule has 0 aliphatic rings. The van der Waals surface area contributed by atoms with Gasteiger partial charge < -0.3 is 5.11 Å². The van der Waals surface area contributed by atoms with Crippen LogP contribution in [0.1, 0.15) is 10.4 Å². The molecule has 8 aromatic rings. The van der Waals surface area contributed by atoms with Crippen molar-refractivity contribution >= 4 is 82.9 Å². The highest BCUT2D eigenvalue weighted by Gasteiger charge is 2.28. The van der Waals surface area contributed by atoms with Crippen molar-refractivity contribution < 1.29 is 19.9 Å². The van der Waals surface area contributed by atoms with E-state index in [-0.39, 0.29) is 59.6 Å². The molecule has 0 atom stereocenters. The summed E-state index contributed by atoms with van der Waals surface area (Å²) in [6.45, 7) is 0. The molecule has 3 N–H and O–H groups in total. The van der Waals surface area contributed by atoms with Gasteiger partial charge in [-0.05, 0) is 18.2 Å². The minimum absolute atomic E-state index is 0.0484. The molecule has 0 saturated carbocycles. The Morgan fingerprint density at radius 2 is 1.05 bits per heavy atom. The number of hydrogen-bond acceptors (Lipinski definition) is 6. The van der Waals surface area contributed by atoms with Crippen LogP contribution in [0.15, 0.2) is 120 Å². The summed E-state index contributed by atoms with van der Waals surface area (Å²) in [5.74, 6) is -1.13. The van der Waals surface area contributed by atoms with Crippen LogP contribution in [0.25, 0.3) is 65.2 Å². The highest BCUT2D eigenvalue weighted by molar-refractivity contribution is 7.99. The number of aromatic nitrogens is 2. The first-order chi connectivity index (χ1) is 21.3. The largest absolute Gasteiger partial charge is 0.478 e. The van der Waals surface area contributed by atoms with Gasteiger partial charge in [-0.15, -0.1) is 0 Å². The normalized spacial score (nSPS) is 11.8. The Morgan fingerprint density at radius 1 is 0.523 bits per heavy atom. The minimum atomic E-state index is -1.13. The first-order valence-electron chi connectivity index (χ1n) is 13.6. The van der Waals surface area contributed by atoms with E-state index in [9.17, 15) is 29.1 Å². The van der Waals surface area contributed by atoms with E-state index in [0.717, 1.165) is 11.8 Å². The van der Waals surface area contributed by atoms with Crippen molar-refractivity contribution in [1.29, 1.82) is 0 Å². The Balaban J connectivity index is 1.57. The van der Waals surface area contributed by atoms with Crippen molar-refractivity contribution in [3.8, 4) is 0 Å². The number of benzene rings is 7. The molecule has 0 fully saturated rings. The van der Waals surface area contributed by atoms with E-state index in [0.29, 0.717) is 42.6 Å². The summed E-state index contributed by atoms with van der Waals surface area (Å²) in [6, 6.07) is 24.6. The van der Waals surface area contributed by atoms with E-state index in [4.69, 9.17) is 0 Å². The van der Waals surface area contributed by atoms with Crippen molar-refractivity contribution in [2.75, 3.05) is 0 Å². The van der Waals surface area contributed by atoms with Crippen LogP contribution in [-0.2, 0) is 0 Å². The smallest absolute Gasteiger partial charge is 0.336 e. The van der Waals surface area contributed by atoms with E-state index in [2.05, 4.69) is 9.97 Å². The number of hydrogen-bond donors (Lipinski definition) is 1. The van der Waals surface area contributed by atoms with E-state index in [1.807, 2.05) is 0 Å². The monoisotopic (exact) mass is 594 g/mol. The van der Waals surface area contributed by atoms with Crippen molar-refractivity contribution in [2.45, 2.75) is 9.79 Å². The van der Waals surface area contributed by atoms with Gasteiger partial charge in [0.1, 0.15) is 10.8 Å². The van der Waals surface area contributed by atoms with Crippen LogP contribution < -0.4 is 31.7 Å². The Labute approximate surface area is 249 Å². The Morgan fingerprint density at radius 3 is 1.70 bits per heavy atom. The maximum absolute atomic E-state index is 14.1. The zero-order valence-corrected chi connectivity index (χ0v) is 23.4. The van der Waals surface area contributed by atoms with Crippen LogP contribution in [-0.4, -0.2) is 11.1 Å². The van der Waals surface area contributed by atoms with Crippen LogP contribution in [0.3, 0.4) is 0 Å². The molecular formula is C35H18N2O6S+2. The first kappa shape index (κ1) is 25.9. The predicted molar refractivity (Wildman–Crippen MR) is 170 cm³/mol. The quantitative estimate of drug-likeness (QED) is 0.237. The highest BCUT2D eigenvalue weighted by atomic mass is 32.2. The number of nitrogens with one attached hydrogen (secondary N) is 2. The molecule has 0 aliphatic heterocycles. The SMILES string of the molecule is O=C(O)c1ccccc1Sc1cc2[nH+]c3c(ccc4c(=O)c5ccccc5c(=O)c43)[nH+]c2c2c(=O)c3ccccc3c(=O)c12. The fourth-order valence-corrected chi connectivity index (χ4v) is 7.23. The molecule has 0 unspecified atom stereocenters. The standard InChI is InChI=1S/C35H16N2O6S/c38-31-16-7-1-2-8-17(16)32(39)26-21(31)13-14-22-29(26)37-23-15-25(44-24-12-6-5-11-20(24)35(42)43)27-28(30(23)36-22)34(41)19-10-4-3-9-18(19)33(27)40/h1-15H,(H,42,43)/p+2. The minimum Gasteiger partial charge on any atom is -0.478 e. The fraction of sp³-hybridized carbons (Fsp3) is 0. The number of aromatic amines is 2. The van der Waals surface area contributed by atoms with Crippen LogP contribution in [0, 0.1) is 0 Å². The third-order valence-electron chi connectivity index (χ3n) is 8.11. The summed E-state index contributed by atoms with van der Waals surface area (Å²) in [6.07, 6.45) is 0.